The average molecular weight is 575 g/mol. The zero-order valence-electron chi connectivity index (χ0n) is 22.5. The molecule has 0 heterocycles. The maximum Gasteiger partial charge on any atom is -1.00 e. The quantitative estimate of drug-likeness (QED) is 0.368. The molecule has 0 atom stereocenters. The smallest absolute Gasteiger partial charge is 1.00 e. The third-order valence-electron chi connectivity index (χ3n) is 5.01. The van der Waals surface area contributed by atoms with E-state index in [4.69, 9.17) is 0 Å². The largest absolute Gasteiger partial charge is 1.00 e. The summed E-state index contributed by atoms with van der Waals surface area (Å²) in [7, 11) is 0. The SMILES string of the molecule is CCCCc1cc(C(C)(C)C)c[cH-]1.CCCCc1cc(C(C)(C)C)c[cH-]1.C[Si](C)=[Zr+2].[Cl-].[Cl-]. The minimum absolute atomic E-state index is 0. The van der Waals surface area contributed by atoms with Crippen molar-refractivity contribution < 1.29 is 48.1 Å². The number of unbranched alkanes of at least 4 members (excludes halogenated alkanes) is 2. The molecule has 0 saturated carbocycles. The average Bonchev–Trinajstić information content (AvgIpc) is 3.27. The Labute approximate surface area is 228 Å². The zero-order valence-corrected chi connectivity index (χ0v) is 27.4. The molecule has 32 heavy (non-hydrogen) atoms. The van der Waals surface area contributed by atoms with E-state index < -0.39 is 0 Å². The summed E-state index contributed by atoms with van der Waals surface area (Å²) < 4.78 is 0. The molecule has 0 unspecified atom stereocenters. The van der Waals surface area contributed by atoms with Gasteiger partial charge in [0.15, 0.2) is 0 Å². The van der Waals surface area contributed by atoms with E-state index in [1.165, 1.54) is 60.8 Å². The van der Waals surface area contributed by atoms with E-state index in [9.17, 15) is 0 Å². The summed E-state index contributed by atoms with van der Waals surface area (Å²) >= 11 is 1.74. The summed E-state index contributed by atoms with van der Waals surface area (Å²) in [5.41, 5.74) is 6.78. The Morgan fingerprint density at radius 1 is 0.719 bits per heavy atom. The number of hydrogen-bond donors (Lipinski definition) is 0. The second-order valence-electron chi connectivity index (χ2n) is 10.7. The molecule has 0 saturated heterocycles. The molecule has 0 amide bonds. The maximum absolute atomic E-state index is 2.36. The molecule has 0 aliphatic heterocycles. The van der Waals surface area contributed by atoms with Gasteiger partial charge in [-0.05, 0) is 0 Å². The first-order chi connectivity index (χ1) is 13.8. The van der Waals surface area contributed by atoms with Crippen LogP contribution < -0.4 is 24.8 Å². The van der Waals surface area contributed by atoms with Crippen LogP contribution in [0.1, 0.15) is 103 Å². The van der Waals surface area contributed by atoms with Gasteiger partial charge in [0, 0.05) is 0 Å². The molecular formula is C28H48Cl2SiZr-2. The van der Waals surface area contributed by atoms with Crippen molar-refractivity contribution in [1.29, 1.82) is 0 Å². The molecule has 0 aliphatic carbocycles. The Kier molecular flexibility index (Phi) is 21.6. The van der Waals surface area contributed by atoms with E-state index >= 15 is 0 Å². The van der Waals surface area contributed by atoms with Crippen LogP contribution in [0.2, 0.25) is 13.1 Å². The van der Waals surface area contributed by atoms with Crippen molar-refractivity contribution in [2.24, 2.45) is 0 Å². The van der Waals surface area contributed by atoms with Crippen molar-refractivity contribution in [3.63, 3.8) is 0 Å². The predicted molar refractivity (Wildman–Crippen MR) is 136 cm³/mol. The van der Waals surface area contributed by atoms with Crippen molar-refractivity contribution in [2.75, 3.05) is 0 Å². The summed E-state index contributed by atoms with van der Waals surface area (Å²) in [6.07, 6.45) is 7.69. The van der Waals surface area contributed by atoms with Gasteiger partial charge in [0.05, 0.1) is 0 Å². The van der Waals surface area contributed by atoms with E-state index in [1.807, 2.05) is 0 Å². The molecule has 2 rings (SSSR count). The monoisotopic (exact) mass is 572 g/mol. The third kappa shape index (κ3) is 17.8. The topological polar surface area (TPSA) is 0 Å². The Bertz CT molecular complexity index is 654. The Balaban J connectivity index is -0.000000428. The standard InChI is InChI=1S/2C13H21.C2H6Si.2ClH.Zr/c2*1-5-6-7-11-8-9-12(10-11)13(2,3)4;1-3-2;;;/h2*8-10H,5-7H2,1-4H3;1-2H3;2*1H;/q2*-1;;;;+2/p-2. The van der Waals surface area contributed by atoms with Gasteiger partial charge < -0.3 is 24.8 Å². The molecule has 0 aliphatic rings. The number of rotatable bonds is 6. The van der Waals surface area contributed by atoms with E-state index in [1.54, 1.807) is 23.3 Å². The van der Waals surface area contributed by atoms with Gasteiger partial charge in [0.25, 0.3) is 0 Å². The van der Waals surface area contributed by atoms with Crippen molar-refractivity contribution in [1.82, 2.24) is 0 Å². The van der Waals surface area contributed by atoms with Crippen molar-refractivity contribution in [2.45, 2.75) is 118 Å². The zero-order chi connectivity index (χ0) is 23.4. The second-order valence-corrected chi connectivity index (χ2v) is 20.1. The van der Waals surface area contributed by atoms with Crippen LogP contribution in [0, 0.1) is 0 Å². The van der Waals surface area contributed by atoms with Crippen molar-refractivity contribution >= 4 is 5.43 Å². The van der Waals surface area contributed by atoms with Crippen molar-refractivity contribution in [3.05, 3.63) is 58.7 Å². The van der Waals surface area contributed by atoms with Crippen LogP contribution in [0.5, 0.6) is 0 Å². The van der Waals surface area contributed by atoms with E-state index in [0.717, 1.165) is 0 Å². The summed E-state index contributed by atoms with van der Waals surface area (Å²) in [5, 5.41) is 0. The van der Waals surface area contributed by atoms with E-state index in [0.29, 0.717) is 10.8 Å². The van der Waals surface area contributed by atoms with Crippen LogP contribution in [-0.4, -0.2) is 5.43 Å². The fourth-order valence-corrected chi connectivity index (χ4v) is 2.99. The molecule has 0 N–H and O–H groups in total. The normalized spacial score (nSPS) is 10.6. The predicted octanol–water partition coefficient (Wildman–Crippen LogP) is 2.88. The minimum Gasteiger partial charge on any atom is -1.00 e. The molecule has 4 heteroatoms. The molecular weight excluding hydrogens is 527 g/mol. The maximum atomic E-state index is 2.36. The first-order valence-electron chi connectivity index (χ1n) is 11.8. The fraction of sp³-hybridized carbons (Fsp3) is 0.643. The first kappa shape index (κ1) is 36.9. The molecule has 2 aromatic rings. The van der Waals surface area contributed by atoms with E-state index in [-0.39, 0.29) is 30.2 Å². The van der Waals surface area contributed by atoms with Gasteiger partial charge in [-0.3, -0.25) is 0 Å². The van der Waals surface area contributed by atoms with E-state index in [2.05, 4.69) is 105 Å². The van der Waals surface area contributed by atoms with Gasteiger partial charge >= 0.3 is 41.9 Å². The van der Waals surface area contributed by atoms with Crippen molar-refractivity contribution in [3.8, 4) is 0 Å². The van der Waals surface area contributed by atoms with Gasteiger partial charge in [0.1, 0.15) is 0 Å². The molecule has 0 bridgehead atoms. The van der Waals surface area contributed by atoms with Crippen LogP contribution in [0.3, 0.4) is 0 Å². The molecule has 0 spiro atoms. The van der Waals surface area contributed by atoms with Gasteiger partial charge in [-0.15, -0.1) is 0 Å². The Morgan fingerprint density at radius 3 is 1.19 bits per heavy atom. The van der Waals surface area contributed by atoms with Crippen LogP contribution in [0.15, 0.2) is 36.4 Å². The number of aryl methyl sites for hydroxylation is 2. The summed E-state index contributed by atoms with van der Waals surface area (Å²) in [5.74, 6) is 0. The van der Waals surface area contributed by atoms with Crippen LogP contribution in [0.4, 0.5) is 0 Å². The molecule has 0 radical (unpaired) electrons. The molecule has 2 aromatic carbocycles. The molecule has 0 nitrogen and oxygen atoms in total. The molecule has 184 valence electrons. The van der Waals surface area contributed by atoms with Crippen LogP contribution in [-0.2, 0) is 47.0 Å². The Morgan fingerprint density at radius 2 is 1.00 bits per heavy atom. The van der Waals surface area contributed by atoms with Crippen LogP contribution in [0.25, 0.3) is 0 Å². The Hall–Kier alpha value is 0.380. The molecule has 0 fully saturated rings. The summed E-state index contributed by atoms with van der Waals surface area (Å²) in [6.45, 7) is 22.7. The van der Waals surface area contributed by atoms with Gasteiger partial charge in [-0.1, -0.05) is 105 Å². The summed E-state index contributed by atoms with van der Waals surface area (Å²) in [6, 6.07) is 13.8. The van der Waals surface area contributed by atoms with Crippen LogP contribution >= 0.6 is 0 Å². The van der Waals surface area contributed by atoms with Gasteiger partial charge in [-0.25, -0.2) is 12.1 Å². The fourth-order valence-electron chi connectivity index (χ4n) is 2.99. The second kappa shape index (κ2) is 18.7. The number of halogens is 2. The first-order valence-corrected chi connectivity index (χ1v) is 18.0. The third-order valence-corrected chi connectivity index (χ3v) is 5.01. The molecule has 0 aromatic heterocycles. The van der Waals surface area contributed by atoms with Gasteiger partial charge in [0.2, 0.25) is 0 Å². The number of hydrogen-bond acceptors (Lipinski definition) is 0. The minimum atomic E-state index is 0. The van der Waals surface area contributed by atoms with Gasteiger partial charge in [-0.2, -0.15) is 46.5 Å². The summed E-state index contributed by atoms with van der Waals surface area (Å²) in [4.78, 5) is 0.